The maximum atomic E-state index is 12.7. The molecular weight excluding hydrogens is 552 g/mol. The highest BCUT2D eigenvalue weighted by molar-refractivity contribution is 6.76. The molecule has 4 aromatic rings. The molecule has 1 fully saturated rings. The normalized spacial score (nSPS) is 16.8. The Morgan fingerprint density at radius 3 is 2.53 bits per heavy atom. The van der Waals surface area contributed by atoms with Gasteiger partial charge in [-0.2, -0.15) is 5.10 Å². The van der Waals surface area contributed by atoms with E-state index in [9.17, 15) is 4.79 Å². The van der Waals surface area contributed by atoms with E-state index in [4.69, 9.17) is 14.6 Å². The minimum absolute atomic E-state index is 0.0796. The maximum absolute atomic E-state index is 12.7. The van der Waals surface area contributed by atoms with Crippen LogP contribution in [0.5, 0.6) is 0 Å². The second kappa shape index (κ2) is 12.8. The second-order valence-electron chi connectivity index (χ2n) is 12.5. The van der Waals surface area contributed by atoms with E-state index in [0.29, 0.717) is 12.3 Å². The van der Waals surface area contributed by atoms with Crippen LogP contribution in [-0.4, -0.2) is 61.6 Å². The Morgan fingerprint density at radius 1 is 0.977 bits per heavy atom. The molecule has 0 radical (unpaired) electrons. The van der Waals surface area contributed by atoms with Gasteiger partial charge < -0.3 is 14.8 Å². The Labute approximate surface area is 254 Å². The number of morpholine rings is 1. The molecular formula is C35H40N4O3Si. The first kappa shape index (κ1) is 29.3. The van der Waals surface area contributed by atoms with Gasteiger partial charge in [0, 0.05) is 56.5 Å². The number of rotatable bonds is 10. The Bertz CT molecular complexity index is 1660. The van der Waals surface area contributed by atoms with Crippen molar-refractivity contribution in [2.24, 2.45) is 0 Å². The van der Waals surface area contributed by atoms with Gasteiger partial charge in [-0.05, 0) is 53.1 Å². The molecule has 3 heterocycles. The fourth-order valence-corrected chi connectivity index (χ4v) is 6.19. The molecule has 2 aliphatic heterocycles. The molecule has 3 aromatic carbocycles. The number of carbonyl (C=O) groups excluding carboxylic acids is 1. The predicted molar refractivity (Wildman–Crippen MR) is 178 cm³/mol. The SMILES string of the molecule is C[Si](C)(C)CCOCn1nc(C=Cc2ccc(CN3CCOCC3)cc2)c2ccc(/C=C3/C(=O)Nc4ccccc43)cc21. The quantitative estimate of drug-likeness (QED) is 0.124. The third-order valence-corrected chi connectivity index (χ3v) is 9.66. The van der Waals surface area contributed by atoms with Crippen LogP contribution in [0.4, 0.5) is 5.69 Å². The third kappa shape index (κ3) is 7.22. The van der Waals surface area contributed by atoms with Gasteiger partial charge in [0.1, 0.15) is 6.73 Å². The van der Waals surface area contributed by atoms with Crippen molar-refractivity contribution in [1.82, 2.24) is 14.7 Å². The number of carbonyl (C=O) groups is 1. The molecule has 0 aliphatic carbocycles. The largest absolute Gasteiger partial charge is 0.379 e. The maximum Gasteiger partial charge on any atom is 0.256 e. The lowest BCUT2D eigenvalue weighted by molar-refractivity contribution is -0.110. The number of amides is 1. The zero-order chi connectivity index (χ0) is 29.8. The van der Waals surface area contributed by atoms with E-state index < -0.39 is 8.07 Å². The van der Waals surface area contributed by atoms with Crippen molar-refractivity contribution >= 4 is 54.4 Å². The Kier molecular flexibility index (Phi) is 8.72. The van der Waals surface area contributed by atoms with Crippen LogP contribution in [0.1, 0.15) is 27.9 Å². The van der Waals surface area contributed by atoms with Crippen molar-refractivity contribution in [3.05, 3.63) is 94.7 Å². The molecule has 0 bridgehead atoms. The lowest BCUT2D eigenvalue weighted by Gasteiger charge is -2.26. The monoisotopic (exact) mass is 592 g/mol. The number of hydrogen-bond donors (Lipinski definition) is 1. The van der Waals surface area contributed by atoms with Gasteiger partial charge in [0.25, 0.3) is 5.91 Å². The average Bonchev–Trinajstić information content (AvgIpc) is 3.51. The van der Waals surface area contributed by atoms with Crippen LogP contribution in [0.2, 0.25) is 25.7 Å². The van der Waals surface area contributed by atoms with Crippen molar-refractivity contribution in [3.63, 3.8) is 0 Å². The number of aromatic nitrogens is 2. The molecule has 222 valence electrons. The van der Waals surface area contributed by atoms with Crippen molar-refractivity contribution in [2.45, 2.75) is 39.0 Å². The summed E-state index contributed by atoms with van der Waals surface area (Å²) in [7, 11) is -1.20. The van der Waals surface area contributed by atoms with Crippen molar-refractivity contribution in [3.8, 4) is 0 Å². The number of nitrogens with zero attached hydrogens (tertiary/aromatic N) is 3. The zero-order valence-electron chi connectivity index (χ0n) is 25.3. The molecule has 1 N–H and O–H groups in total. The molecule has 2 aliphatic rings. The standard InChI is InChI=1S/C35H40N4O3Si/c1-43(2,3)21-20-42-25-39-34-23-28(22-31-29-6-4-5-7-32(29)36-35(31)40)12-14-30(34)33(37-39)15-13-26-8-10-27(11-9-26)24-38-16-18-41-19-17-38/h4-15,22-23H,16-21,24-25H2,1-3H3,(H,36,40)/b15-13?,31-22+. The topological polar surface area (TPSA) is 68.6 Å². The molecule has 0 unspecified atom stereocenters. The van der Waals surface area contributed by atoms with E-state index in [1.54, 1.807) is 0 Å². The summed E-state index contributed by atoms with van der Waals surface area (Å²) in [5.74, 6) is -0.0796. The van der Waals surface area contributed by atoms with Gasteiger partial charge in [0.05, 0.1) is 24.4 Å². The number of benzene rings is 3. The average molecular weight is 593 g/mol. The van der Waals surface area contributed by atoms with E-state index in [0.717, 1.165) is 84.5 Å². The summed E-state index contributed by atoms with van der Waals surface area (Å²) in [6.07, 6.45) is 6.15. The smallest absolute Gasteiger partial charge is 0.256 e. The molecule has 7 nitrogen and oxygen atoms in total. The Balaban J connectivity index is 1.25. The van der Waals surface area contributed by atoms with E-state index >= 15 is 0 Å². The number of fused-ring (bicyclic) bond motifs is 2. The molecule has 1 amide bonds. The van der Waals surface area contributed by atoms with Gasteiger partial charge in [-0.15, -0.1) is 0 Å². The van der Waals surface area contributed by atoms with Crippen LogP contribution >= 0.6 is 0 Å². The zero-order valence-corrected chi connectivity index (χ0v) is 26.3. The van der Waals surface area contributed by atoms with Crippen molar-refractivity contribution in [2.75, 3.05) is 38.2 Å². The molecule has 1 saturated heterocycles. The fourth-order valence-electron chi connectivity index (χ4n) is 5.43. The first-order valence-corrected chi connectivity index (χ1v) is 18.8. The minimum atomic E-state index is -1.20. The second-order valence-corrected chi connectivity index (χ2v) is 18.2. The van der Waals surface area contributed by atoms with Gasteiger partial charge in [0.15, 0.2) is 0 Å². The van der Waals surface area contributed by atoms with E-state index in [2.05, 4.69) is 84.5 Å². The lowest BCUT2D eigenvalue weighted by atomic mass is 10.0. The minimum Gasteiger partial charge on any atom is -0.379 e. The van der Waals surface area contributed by atoms with Crippen LogP contribution in [0.25, 0.3) is 34.7 Å². The van der Waals surface area contributed by atoms with Crippen LogP contribution in [0.3, 0.4) is 0 Å². The first-order valence-electron chi connectivity index (χ1n) is 15.1. The summed E-state index contributed by atoms with van der Waals surface area (Å²) < 4.78 is 13.5. The van der Waals surface area contributed by atoms with Crippen LogP contribution < -0.4 is 5.32 Å². The summed E-state index contributed by atoms with van der Waals surface area (Å²) in [5.41, 5.74) is 7.71. The number of hydrogen-bond acceptors (Lipinski definition) is 5. The summed E-state index contributed by atoms with van der Waals surface area (Å²) in [5, 5.41) is 8.97. The molecule has 1 aromatic heterocycles. The highest BCUT2D eigenvalue weighted by Gasteiger charge is 2.23. The summed E-state index contributed by atoms with van der Waals surface area (Å²) in [6.45, 7) is 12.7. The third-order valence-electron chi connectivity index (χ3n) is 7.96. The van der Waals surface area contributed by atoms with Crippen LogP contribution in [0.15, 0.2) is 66.7 Å². The molecule has 8 heteroatoms. The summed E-state index contributed by atoms with van der Waals surface area (Å²) in [6, 6.07) is 23.9. The van der Waals surface area contributed by atoms with Crippen LogP contribution in [0, 0.1) is 0 Å². The van der Waals surface area contributed by atoms with Crippen molar-refractivity contribution in [1.29, 1.82) is 0 Å². The van der Waals surface area contributed by atoms with E-state index in [-0.39, 0.29) is 5.91 Å². The van der Waals surface area contributed by atoms with E-state index in [1.165, 1.54) is 5.56 Å². The molecule has 0 spiro atoms. The highest BCUT2D eigenvalue weighted by atomic mass is 28.3. The Morgan fingerprint density at radius 2 is 1.74 bits per heavy atom. The molecule has 6 rings (SSSR count). The first-order chi connectivity index (χ1) is 20.8. The lowest BCUT2D eigenvalue weighted by Crippen LogP contribution is -2.35. The van der Waals surface area contributed by atoms with Gasteiger partial charge in [-0.1, -0.05) is 74.2 Å². The molecule has 0 atom stereocenters. The number of nitrogens with one attached hydrogen (secondary N) is 1. The molecule has 0 saturated carbocycles. The Hall–Kier alpha value is -3.82. The highest BCUT2D eigenvalue weighted by Crippen LogP contribution is 2.33. The predicted octanol–water partition coefficient (Wildman–Crippen LogP) is 6.84. The molecule has 43 heavy (non-hydrogen) atoms. The van der Waals surface area contributed by atoms with E-state index in [1.807, 2.05) is 35.0 Å². The summed E-state index contributed by atoms with van der Waals surface area (Å²) in [4.78, 5) is 15.2. The number of anilines is 1. The van der Waals surface area contributed by atoms with Crippen molar-refractivity contribution < 1.29 is 14.3 Å². The fraction of sp³-hybridized carbons (Fsp3) is 0.314. The van der Waals surface area contributed by atoms with Gasteiger partial charge >= 0.3 is 0 Å². The summed E-state index contributed by atoms with van der Waals surface area (Å²) >= 11 is 0. The number of para-hydroxylation sites is 1. The van der Waals surface area contributed by atoms with Crippen LogP contribution in [-0.2, 0) is 27.5 Å². The number of ether oxygens (including phenoxy) is 2. The van der Waals surface area contributed by atoms with Gasteiger partial charge in [-0.25, -0.2) is 4.68 Å². The van der Waals surface area contributed by atoms with Gasteiger partial charge in [0.2, 0.25) is 0 Å². The van der Waals surface area contributed by atoms with Gasteiger partial charge in [-0.3, -0.25) is 9.69 Å².